The summed E-state index contributed by atoms with van der Waals surface area (Å²) in [5.41, 5.74) is 3.40. The number of rotatable bonds is 7. The van der Waals surface area contributed by atoms with Crippen molar-refractivity contribution < 1.29 is 19.4 Å². The Balaban J connectivity index is 1.75. The van der Waals surface area contributed by atoms with E-state index in [1.54, 1.807) is 39.8 Å². The fourth-order valence-corrected chi connectivity index (χ4v) is 3.40. The van der Waals surface area contributed by atoms with Crippen LogP contribution in [0.2, 0.25) is 0 Å². The highest BCUT2D eigenvalue weighted by molar-refractivity contribution is 6.43. The lowest BCUT2D eigenvalue weighted by Gasteiger charge is -2.19. The Morgan fingerprint density at radius 3 is 2.03 bits per heavy atom. The molecule has 186 valence electrons. The summed E-state index contributed by atoms with van der Waals surface area (Å²) in [6.45, 7) is 6.76. The smallest absolute Gasteiger partial charge is 0.413 e. The number of aliphatic imine (C=N–C) groups is 1. The number of carboxylic acids is 1. The fourth-order valence-electron chi connectivity index (χ4n) is 3.40. The summed E-state index contributed by atoms with van der Waals surface area (Å²) in [6, 6.07) is 24.2. The average molecular weight is 487 g/mol. The zero-order valence-corrected chi connectivity index (χ0v) is 20.7. The maximum absolute atomic E-state index is 12.5. The van der Waals surface area contributed by atoms with Gasteiger partial charge in [-0.3, -0.25) is 10.1 Å². The highest BCUT2D eigenvalue weighted by Crippen LogP contribution is 2.28. The average Bonchev–Trinajstić information content (AvgIpc) is 2.88. The molecular weight excluding hydrogens is 456 g/mol. The number of hydrazone groups is 1. The number of carbonyl (C=O) groups is 2. The molecule has 0 aliphatic carbocycles. The summed E-state index contributed by atoms with van der Waals surface area (Å²) in [4.78, 5) is 28.5. The Labute approximate surface area is 210 Å². The zero-order valence-electron chi connectivity index (χ0n) is 20.7. The molecular formula is C28H30N4O4. The van der Waals surface area contributed by atoms with Crippen molar-refractivity contribution in [2.24, 2.45) is 15.9 Å². The molecule has 36 heavy (non-hydrogen) atoms. The monoisotopic (exact) mass is 486 g/mol. The van der Waals surface area contributed by atoms with Crippen LogP contribution in [0.25, 0.3) is 11.1 Å². The van der Waals surface area contributed by atoms with E-state index in [0.29, 0.717) is 11.4 Å². The molecule has 3 aromatic rings. The standard InChI is InChI=1S/C28H30N4O4/c1-18(32-29)25(31-27(35)36-19(2)20-8-6-5-7-9-20)30-24-16-12-22(13-17-24)21-10-14-23(15-11-21)28(3,4)26(33)34/h5-17,19H,29H2,1-4H3,(H,33,34)(H,30,31,35)/b32-18-/t19-/m1/s1. The first-order valence-electron chi connectivity index (χ1n) is 11.4. The quantitative estimate of drug-likeness (QED) is 0.174. The number of nitrogens with two attached hydrogens (primary N) is 1. The van der Waals surface area contributed by atoms with Gasteiger partial charge in [-0.2, -0.15) is 5.10 Å². The van der Waals surface area contributed by atoms with Crippen LogP contribution in [-0.2, 0) is 14.9 Å². The summed E-state index contributed by atoms with van der Waals surface area (Å²) >= 11 is 0. The summed E-state index contributed by atoms with van der Waals surface area (Å²) < 4.78 is 5.46. The van der Waals surface area contributed by atoms with Gasteiger partial charge in [0, 0.05) is 0 Å². The Morgan fingerprint density at radius 1 is 0.944 bits per heavy atom. The Kier molecular flexibility index (Phi) is 8.22. The van der Waals surface area contributed by atoms with Gasteiger partial charge in [0.05, 0.1) is 16.8 Å². The van der Waals surface area contributed by atoms with E-state index in [4.69, 9.17) is 10.6 Å². The Hall–Kier alpha value is -4.46. The van der Waals surface area contributed by atoms with Crippen LogP contribution >= 0.6 is 0 Å². The van der Waals surface area contributed by atoms with Crippen molar-refractivity contribution in [3.05, 3.63) is 90.0 Å². The second kappa shape index (κ2) is 11.3. The van der Waals surface area contributed by atoms with Crippen LogP contribution in [0.4, 0.5) is 10.5 Å². The van der Waals surface area contributed by atoms with Crippen molar-refractivity contribution in [1.29, 1.82) is 0 Å². The lowest BCUT2D eigenvalue weighted by molar-refractivity contribution is -0.142. The molecule has 0 unspecified atom stereocenters. The lowest BCUT2D eigenvalue weighted by atomic mass is 9.84. The molecule has 4 N–H and O–H groups in total. The first-order valence-corrected chi connectivity index (χ1v) is 11.4. The van der Waals surface area contributed by atoms with Crippen molar-refractivity contribution in [3.63, 3.8) is 0 Å². The molecule has 0 heterocycles. The van der Waals surface area contributed by atoms with Gasteiger partial charge in [-0.1, -0.05) is 66.7 Å². The molecule has 8 heteroatoms. The number of aliphatic carboxylic acids is 1. The van der Waals surface area contributed by atoms with Crippen LogP contribution in [-0.4, -0.2) is 28.7 Å². The topological polar surface area (TPSA) is 126 Å². The van der Waals surface area contributed by atoms with Gasteiger partial charge in [-0.05, 0) is 62.1 Å². The predicted octanol–water partition coefficient (Wildman–Crippen LogP) is 5.57. The second-order valence-electron chi connectivity index (χ2n) is 8.81. The van der Waals surface area contributed by atoms with E-state index >= 15 is 0 Å². The van der Waals surface area contributed by atoms with E-state index < -0.39 is 23.6 Å². The number of carboxylic acid groups (broad SMARTS) is 1. The lowest BCUT2D eigenvalue weighted by Crippen LogP contribution is -2.36. The normalized spacial score (nSPS) is 13.1. The third-order valence-corrected chi connectivity index (χ3v) is 5.89. The number of carbonyl (C=O) groups excluding carboxylic acids is 1. The summed E-state index contributed by atoms with van der Waals surface area (Å²) in [6.07, 6.45) is -1.12. The van der Waals surface area contributed by atoms with Crippen molar-refractivity contribution in [3.8, 4) is 11.1 Å². The van der Waals surface area contributed by atoms with Crippen molar-refractivity contribution >= 4 is 29.3 Å². The van der Waals surface area contributed by atoms with Crippen LogP contribution < -0.4 is 11.2 Å². The third-order valence-electron chi connectivity index (χ3n) is 5.89. The molecule has 0 saturated heterocycles. The minimum atomic E-state index is -0.969. The number of hydrogen-bond donors (Lipinski definition) is 3. The van der Waals surface area contributed by atoms with Gasteiger partial charge in [-0.25, -0.2) is 9.79 Å². The fraction of sp³-hybridized carbons (Fsp3) is 0.214. The molecule has 0 spiro atoms. The second-order valence-corrected chi connectivity index (χ2v) is 8.81. The molecule has 3 rings (SSSR count). The number of hydrogen-bond acceptors (Lipinski definition) is 6. The van der Waals surface area contributed by atoms with Crippen LogP contribution in [0.3, 0.4) is 0 Å². The number of amides is 1. The molecule has 1 amide bonds. The maximum atomic E-state index is 12.5. The number of benzene rings is 3. The Morgan fingerprint density at radius 2 is 1.50 bits per heavy atom. The first-order chi connectivity index (χ1) is 17.1. The van der Waals surface area contributed by atoms with E-state index in [-0.39, 0.29) is 5.84 Å². The highest BCUT2D eigenvalue weighted by atomic mass is 16.6. The predicted molar refractivity (Wildman–Crippen MR) is 141 cm³/mol. The van der Waals surface area contributed by atoms with Gasteiger partial charge >= 0.3 is 12.1 Å². The van der Waals surface area contributed by atoms with E-state index in [1.807, 2.05) is 66.7 Å². The number of nitrogens with one attached hydrogen (secondary N) is 1. The zero-order chi connectivity index (χ0) is 26.3. The molecule has 3 aromatic carbocycles. The molecule has 1 atom stereocenters. The molecule has 0 bridgehead atoms. The van der Waals surface area contributed by atoms with E-state index in [2.05, 4.69) is 15.4 Å². The summed E-state index contributed by atoms with van der Waals surface area (Å²) in [7, 11) is 0. The van der Waals surface area contributed by atoms with Gasteiger partial charge in [0.1, 0.15) is 6.10 Å². The molecule has 0 fully saturated rings. The minimum Gasteiger partial charge on any atom is -0.481 e. The summed E-state index contributed by atoms with van der Waals surface area (Å²) in [5.74, 6) is 4.73. The largest absolute Gasteiger partial charge is 0.481 e. The molecule has 0 radical (unpaired) electrons. The number of alkyl carbamates (subject to hydrolysis) is 1. The van der Waals surface area contributed by atoms with Gasteiger partial charge in [0.2, 0.25) is 0 Å². The third kappa shape index (κ3) is 6.35. The molecule has 0 aliphatic rings. The van der Waals surface area contributed by atoms with Gasteiger partial charge in [0.15, 0.2) is 5.84 Å². The Bertz CT molecular complexity index is 1270. The van der Waals surface area contributed by atoms with Crippen molar-refractivity contribution in [2.45, 2.75) is 39.2 Å². The van der Waals surface area contributed by atoms with E-state index in [0.717, 1.165) is 22.3 Å². The van der Waals surface area contributed by atoms with E-state index in [1.165, 1.54) is 0 Å². The highest BCUT2D eigenvalue weighted by Gasteiger charge is 2.29. The number of nitrogens with zero attached hydrogens (tertiary/aromatic N) is 2. The van der Waals surface area contributed by atoms with Crippen molar-refractivity contribution in [1.82, 2.24) is 5.32 Å². The maximum Gasteiger partial charge on any atom is 0.413 e. The van der Waals surface area contributed by atoms with Gasteiger partial charge in [-0.15, -0.1) is 0 Å². The SMILES string of the molecule is C/C(=N/N)C(=Nc1ccc(-c2ccc(C(C)(C)C(=O)O)cc2)cc1)NC(=O)O[C@H](C)c1ccccc1. The van der Waals surface area contributed by atoms with Gasteiger partial charge in [0.25, 0.3) is 0 Å². The van der Waals surface area contributed by atoms with Crippen LogP contribution in [0, 0.1) is 0 Å². The first kappa shape index (κ1) is 26.2. The summed E-state index contributed by atoms with van der Waals surface area (Å²) in [5, 5.41) is 15.7. The molecule has 0 aliphatic heterocycles. The molecule has 0 saturated carbocycles. The number of ether oxygens (including phenoxy) is 1. The molecule has 0 aromatic heterocycles. The van der Waals surface area contributed by atoms with Crippen molar-refractivity contribution in [2.75, 3.05) is 0 Å². The number of amidine groups is 1. The van der Waals surface area contributed by atoms with Crippen LogP contribution in [0.15, 0.2) is 89.0 Å². The van der Waals surface area contributed by atoms with E-state index in [9.17, 15) is 14.7 Å². The van der Waals surface area contributed by atoms with Gasteiger partial charge < -0.3 is 15.7 Å². The van der Waals surface area contributed by atoms with Crippen LogP contribution in [0.5, 0.6) is 0 Å². The minimum absolute atomic E-state index is 0.177. The molecule has 8 nitrogen and oxygen atoms in total. The van der Waals surface area contributed by atoms with Crippen LogP contribution in [0.1, 0.15) is 44.9 Å².